The number of aliphatic hydroxyl groups is 1. The van der Waals surface area contributed by atoms with E-state index in [1.54, 1.807) is 6.92 Å². The topological polar surface area (TPSA) is 66.8 Å². The van der Waals surface area contributed by atoms with Crippen LogP contribution in [0.3, 0.4) is 0 Å². The average molecular weight is 295 g/mol. The van der Waals surface area contributed by atoms with E-state index in [0.29, 0.717) is 18.4 Å². The fourth-order valence-corrected chi connectivity index (χ4v) is 2.28. The summed E-state index contributed by atoms with van der Waals surface area (Å²) in [6.45, 7) is 1.97. The fraction of sp³-hybridized carbons (Fsp3) is 0.467. The van der Waals surface area contributed by atoms with Crippen LogP contribution in [-0.4, -0.2) is 34.7 Å². The number of hydrogen-bond donors (Lipinski definition) is 1. The molecular weight excluding hydrogens is 277 g/mol. The van der Waals surface area contributed by atoms with Crippen molar-refractivity contribution in [2.45, 2.75) is 38.3 Å². The Hall–Kier alpha value is -1.95. The van der Waals surface area contributed by atoms with Gasteiger partial charge in [-0.15, -0.1) is 0 Å². The van der Waals surface area contributed by atoms with E-state index in [9.17, 15) is 19.1 Å². The second kappa shape index (κ2) is 6.67. The van der Waals surface area contributed by atoms with Crippen molar-refractivity contribution in [3.05, 3.63) is 35.6 Å². The minimum atomic E-state index is -0.749. The Kier molecular flexibility index (Phi) is 4.90. The Morgan fingerprint density at radius 1 is 1.48 bits per heavy atom. The molecule has 2 rings (SSSR count). The number of benzene rings is 1. The van der Waals surface area contributed by atoms with Gasteiger partial charge < -0.3 is 9.84 Å². The van der Waals surface area contributed by atoms with Gasteiger partial charge in [-0.2, -0.15) is 0 Å². The minimum Gasteiger partial charge on any atom is -0.447 e. The minimum absolute atomic E-state index is 0.164. The van der Waals surface area contributed by atoms with Crippen LogP contribution in [0.2, 0.25) is 0 Å². The van der Waals surface area contributed by atoms with Crippen molar-refractivity contribution in [2.24, 2.45) is 0 Å². The molecule has 0 bridgehead atoms. The van der Waals surface area contributed by atoms with E-state index in [-0.39, 0.29) is 30.8 Å². The molecule has 114 valence electrons. The second-order valence-corrected chi connectivity index (χ2v) is 5.15. The van der Waals surface area contributed by atoms with Gasteiger partial charge in [0, 0.05) is 6.42 Å². The second-order valence-electron chi connectivity index (χ2n) is 5.15. The molecule has 0 aliphatic carbocycles. The van der Waals surface area contributed by atoms with Crippen LogP contribution >= 0.6 is 0 Å². The van der Waals surface area contributed by atoms with Gasteiger partial charge in [0.25, 0.3) is 0 Å². The van der Waals surface area contributed by atoms with Gasteiger partial charge in [0.1, 0.15) is 12.4 Å². The quantitative estimate of drug-likeness (QED) is 0.905. The molecular formula is C15H18FNO4. The molecule has 1 aliphatic rings. The average Bonchev–Trinajstić information content (AvgIpc) is 2.78. The highest BCUT2D eigenvalue weighted by Gasteiger charge is 2.34. The highest BCUT2D eigenvalue weighted by Crippen LogP contribution is 2.21. The number of nitrogens with zero attached hydrogens (tertiary/aromatic N) is 1. The fourth-order valence-electron chi connectivity index (χ4n) is 2.28. The van der Waals surface area contributed by atoms with E-state index in [2.05, 4.69) is 0 Å². The lowest BCUT2D eigenvalue weighted by Gasteiger charge is -2.16. The summed E-state index contributed by atoms with van der Waals surface area (Å²) in [4.78, 5) is 24.4. The molecule has 1 heterocycles. The molecule has 1 fully saturated rings. The molecule has 1 aliphatic heterocycles. The van der Waals surface area contributed by atoms with E-state index >= 15 is 0 Å². The molecule has 2 unspecified atom stereocenters. The smallest absolute Gasteiger partial charge is 0.416 e. The zero-order valence-electron chi connectivity index (χ0n) is 11.8. The van der Waals surface area contributed by atoms with Gasteiger partial charge >= 0.3 is 6.09 Å². The van der Waals surface area contributed by atoms with Crippen LogP contribution < -0.4 is 0 Å². The van der Waals surface area contributed by atoms with Gasteiger partial charge in [0.15, 0.2) is 0 Å². The lowest BCUT2D eigenvalue weighted by molar-refractivity contribution is -0.129. The number of aliphatic hydroxyl groups excluding tert-OH is 1. The monoisotopic (exact) mass is 295 g/mol. The number of carbonyl (C=O) groups is 2. The van der Waals surface area contributed by atoms with Crippen LogP contribution in [0.15, 0.2) is 24.3 Å². The van der Waals surface area contributed by atoms with Crippen molar-refractivity contribution in [3.8, 4) is 0 Å². The molecule has 0 saturated carbocycles. The van der Waals surface area contributed by atoms with Crippen LogP contribution in [-0.2, 0) is 9.53 Å². The molecule has 2 amide bonds. The summed E-state index contributed by atoms with van der Waals surface area (Å²) in [7, 11) is 0. The SMILES string of the molecule is CC1COC(=O)N1C(=O)CCCC(O)c1ccc(F)cc1. The molecule has 2 atom stereocenters. The Labute approximate surface area is 122 Å². The Morgan fingerprint density at radius 3 is 2.71 bits per heavy atom. The predicted molar refractivity (Wildman–Crippen MR) is 72.9 cm³/mol. The first-order valence-corrected chi connectivity index (χ1v) is 6.91. The summed E-state index contributed by atoms with van der Waals surface area (Å²) in [5.41, 5.74) is 0.609. The zero-order valence-corrected chi connectivity index (χ0v) is 11.8. The first-order chi connectivity index (χ1) is 9.99. The Bertz CT molecular complexity index is 517. The van der Waals surface area contributed by atoms with Crippen molar-refractivity contribution >= 4 is 12.0 Å². The summed E-state index contributed by atoms with van der Waals surface area (Å²) in [6, 6.07) is 5.35. The van der Waals surface area contributed by atoms with Crippen LogP contribution in [0, 0.1) is 5.82 Å². The van der Waals surface area contributed by atoms with Crippen molar-refractivity contribution in [3.63, 3.8) is 0 Å². The molecule has 5 nitrogen and oxygen atoms in total. The number of amides is 2. The third kappa shape index (κ3) is 3.78. The number of cyclic esters (lactones) is 1. The standard InChI is InChI=1S/C15H18FNO4/c1-10-9-21-15(20)17(10)14(19)4-2-3-13(18)11-5-7-12(16)8-6-11/h5-8,10,13,18H,2-4,9H2,1H3. The van der Waals surface area contributed by atoms with Crippen molar-refractivity contribution in [1.29, 1.82) is 0 Å². The highest BCUT2D eigenvalue weighted by molar-refractivity contribution is 5.93. The van der Waals surface area contributed by atoms with Gasteiger partial charge in [-0.05, 0) is 37.5 Å². The number of rotatable bonds is 5. The third-order valence-corrected chi connectivity index (χ3v) is 3.48. The Morgan fingerprint density at radius 2 is 2.14 bits per heavy atom. The highest BCUT2D eigenvalue weighted by atomic mass is 19.1. The van der Waals surface area contributed by atoms with Gasteiger partial charge in [0.05, 0.1) is 12.1 Å². The molecule has 0 spiro atoms. The summed E-state index contributed by atoms with van der Waals surface area (Å²) in [6.07, 6.45) is -0.381. The molecule has 1 saturated heterocycles. The van der Waals surface area contributed by atoms with Crippen molar-refractivity contribution in [2.75, 3.05) is 6.61 Å². The third-order valence-electron chi connectivity index (χ3n) is 3.48. The normalized spacial score (nSPS) is 19.5. The lowest BCUT2D eigenvalue weighted by atomic mass is 10.0. The van der Waals surface area contributed by atoms with E-state index in [1.807, 2.05) is 0 Å². The van der Waals surface area contributed by atoms with E-state index < -0.39 is 12.2 Å². The first kappa shape index (κ1) is 15.4. The summed E-state index contributed by atoms with van der Waals surface area (Å²) >= 11 is 0. The van der Waals surface area contributed by atoms with E-state index in [0.717, 1.165) is 4.90 Å². The predicted octanol–water partition coefficient (Wildman–Crippen LogP) is 2.40. The van der Waals surface area contributed by atoms with Gasteiger partial charge in [0.2, 0.25) is 5.91 Å². The summed E-state index contributed by atoms with van der Waals surface area (Å²) in [5, 5.41) is 9.95. The van der Waals surface area contributed by atoms with Crippen molar-refractivity contribution in [1.82, 2.24) is 4.90 Å². The number of ether oxygens (including phenoxy) is 1. The molecule has 0 aromatic heterocycles. The van der Waals surface area contributed by atoms with Gasteiger partial charge in [-0.1, -0.05) is 12.1 Å². The maximum Gasteiger partial charge on any atom is 0.416 e. The van der Waals surface area contributed by atoms with Crippen LogP contribution in [0.5, 0.6) is 0 Å². The molecule has 1 aromatic carbocycles. The molecule has 0 radical (unpaired) electrons. The zero-order chi connectivity index (χ0) is 15.4. The van der Waals surface area contributed by atoms with E-state index in [1.165, 1.54) is 24.3 Å². The number of imide groups is 1. The number of halogens is 1. The largest absolute Gasteiger partial charge is 0.447 e. The first-order valence-electron chi connectivity index (χ1n) is 6.91. The van der Waals surface area contributed by atoms with Gasteiger partial charge in [-0.3, -0.25) is 4.79 Å². The van der Waals surface area contributed by atoms with Crippen LogP contribution in [0.4, 0.5) is 9.18 Å². The molecule has 1 aromatic rings. The molecule has 1 N–H and O–H groups in total. The van der Waals surface area contributed by atoms with Gasteiger partial charge in [-0.25, -0.2) is 14.1 Å². The number of carbonyl (C=O) groups excluding carboxylic acids is 2. The van der Waals surface area contributed by atoms with E-state index in [4.69, 9.17) is 4.74 Å². The Balaban J connectivity index is 1.80. The summed E-state index contributed by atoms with van der Waals surface area (Å²) < 4.78 is 17.6. The molecule has 21 heavy (non-hydrogen) atoms. The van der Waals surface area contributed by atoms with Crippen molar-refractivity contribution < 1.29 is 23.8 Å². The van der Waals surface area contributed by atoms with Crippen LogP contribution in [0.1, 0.15) is 37.9 Å². The maximum absolute atomic E-state index is 12.8. The lowest BCUT2D eigenvalue weighted by Crippen LogP contribution is -2.37. The number of hydrogen-bond acceptors (Lipinski definition) is 4. The maximum atomic E-state index is 12.8. The molecule has 6 heteroatoms. The van der Waals surface area contributed by atoms with Crippen LogP contribution in [0.25, 0.3) is 0 Å². The summed E-state index contributed by atoms with van der Waals surface area (Å²) in [5.74, 6) is -0.654.